The van der Waals surface area contributed by atoms with E-state index in [0.717, 1.165) is 11.1 Å². The van der Waals surface area contributed by atoms with E-state index in [9.17, 15) is 4.79 Å². The molecule has 0 bridgehead atoms. The van der Waals surface area contributed by atoms with Crippen molar-refractivity contribution < 1.29 is 28.8 Å². The van der Waals surface area contributed by atoms with Crippen LogP contribution < -0.4 is 24.3 Å². The minimum Gasteiger partial charge on any atom is -0.497 e. The largest absolute Gasteiger partial charge is 0.497 e. The van der Waals surface area contributed by atoms with Gasteiger partial charge in [-0.15, -0.1) is 0 Å². The number of hydrogen-bond donors (Lipinski definition) is 2. The van der Waals surface area contributed by atoms with Crippen LogP contribution in [0.4, 0.5) is 5.69 Å². The first kappa shape index (κ1) is 20.0. The number of carbonyl (C=O) groups is 1. The molecule has 2 aromatic rings. The third-order valence-electron chi connectivity index (χ3n) is 3.83. The monoisotopic (exact) mass is 373 g/mol. The first-order valence-corrected chi connectivity index (χ1v) is 8.14. The highest BCUT2D eigenvalue weighted by atomic mass is 16.5. The number of aliphatic carboxylic acids is 1. The summed E-state index contributed by atoms with van der Waals surface area (Å²) >= 11 is 0. The Morgan fingerprint density at radius 3 is 2.15 bits per heavy atom. The zero-order valence-electron chi connectivity index (χ0n) is 15.7. The molecule has 0 aromatic heterocycles. The molecule has 144 valence electrons. The van der Waals surface area contributed by atoms with E-state index in [-0.39, 0.29) is 6.54 Å². The Labute approximate surface area is 158 Å². The van der Waals surface area contributed by atoms with Crippen LogP contribution in [0.3, 0.4) is 0 Å². The van der Waals surface area contributed by atoms with Gasteiger partial charge in [0.05, 0.1) is 28.4 Å². The molecule has 0 fully saturated rings. The minimum absolute atomic E-state index is 0.196. The van der Waals surface area contributed by atoms with E-state index in [1.807, 2.05) is 30.4 Å². The Morgan fingerprint density at radius 1 is 0.963 bits per heavy atom. The molecule has 0 aliphatic rings. The van der Waals surface area contributed by atoms with Crippen molar-refractivity contribution >= 4 is 23.8 Å². The van der Waals surface area contributed by atoms with Gasteiger partial charge in [0.2, 0.25) is 5.75 Å². The Morgan fingerprint density at radius 2 is 1.63 bits per heavy atom. The van der Waals surface area contributed by atoms with Gasteiger partial charge in [0, 0.05) is 11.8 Å². The number of rotatable bonds is 9. The summed E-state index contributed by atoms with van der Waals surface area (Å²) in [6.07, 6.45) is 3.74. The smallest absolute Gasteiger partial charge is 0.322 e. The first-order valence-electron chi connectivity index (χ1n) is 8.14. The van der Waals surface area contributed by atoms with Crippen molar-refractivity contribution in [3.05, 3.63) is 41.5 Å². The average molecular weight is 373 g/mol. The van der Waals surface area contributed by atoms with Crippen LogP contribution in [0.25, 0.3) is 12.2 Å². The topological polar surface area (TPSA) is 86.3 Å². The van der Waals surface area contributed by atoms with E-state index in [4.69, 9.17) is 24.1 Å². The van der Waals surface area contributed by atoms with Crippen LogP contribution in [-0.4, -0.2) is 46.1 Å². The van der Waals surface area contributed by atoms with Crippen LogP contribution in [0.2, 0.25) is 0 Å². The maximum atomic E-state index is 10.9. The fourth-order valence-corrected chi connectivity index (χ4v) is 2.52. The third kappa shape index (κ3) is 5.07. The summed E-state index contributed by atoms with van der Waals surface area (Å²) in [7, 11) is 6.22. The second-order valence-electron chi connectivity index (χ2n) is 5.49. The van der Waals surface area contributed by atoms with Crippen molar-refractivity contribution in [1.82, 2.24) is 0 Å². The van der Waals surface area contributed by atoms with Gasteiger partial charge in [-0.2, -0.15) is 0 Å². The van der Waals surface area contributed by atoms with E-state index < -0.39 is 5.97 Å². The minimum atomic E-state index is -0.947. The molecule has 0 unspecified atom stereocenters. The molecule has 0 saturated heterocycles. The average Bonchev–Trinajstić information content (AvgIpc) is 2.69. The lowest BCUT2D eigenvalue weighted by atomic mass is 10.1. The van der Waals surface area contributed by atoms with Crippen molar-refractivity contribution in [1.29, 1.82) is 0 Å². The van der Waals surface area contributed by atoms with Crippen molar-refractivity contribution in [3.63, 3.8) is 0 Å². The lowest BCUT2D eigenvalue weighted by Gasteiger charge is -2.13. The van der Waals surface area contributed by atoms with Crippen LogP contribution in [0.15, 0.2) is 30.3 Å². The van der Waals surface area contributed by atoms with Crippen molar-refractivity contribution in [2.75, 3.05) is 40.3 Å². The predicted molar refractivity (Wildman–Crippen MR) is 104 cm³/mol. The zero-order valence-corrected chi connectivity index (χ0v) is 15.7. The van der Waals surface area contributed by atoms with Gasteiger partial charge >= 0.3 is 5.97 Å². The van der Waals surface area contributed by atoms with Gasteiger partial charge < -0.3 is 29.4 Å². The number of carboxylic acid groups (broad SMARTS) is 1. The fraction of sp³-hybridized carbons (Fsp3) is 0.250. The molecule has 0 saturated carbocycles. The molecule has 7 nitrogen and oxygen atoms in total. The van der Waals surface area contributed by atoms with Gasteiger partial charge in [-0.3, -0.25) is 4.79 Å². The lowest BCUT2D eigenvalue weighted by molar-refractivity contribution is -0.134. The van der Waals surface area contributed by atoms with Gasteiger partial charge in [-0.1, -0.05) is 12.2 Å². The van der Waals surface area contributed by atoms with Crippen LogP contribution in [0.1, 0.15) is 11.1 Å². The Kier molecular flexibility index (Phi) is 6.93. The van der Waals surface area contributed by atoms with Gasteiger partial charge in [0.1, 0.15) is 12.3 Å². The molecular formula is C20H23NO6. The van der Waals surface area contributed by atoms with Crippen LogP contribution in [-0.2, 0) is 4.79 Å². The molecular weight excluding hydrogens is 350 g/mol. The molecule has 0 heterocycles. The number of anilines is 1. The third-order valence-corrected chi connectivity index (χ3v) is 3.83. The summed E-state index contributed by atoms with van der Waals surface area (Å²) in [6, 6.07) is 9.05. The molecule has 2 rings (SSSR count). The fourth-order valence-electron chi connectivity index (χ4n) is 2.52. The standard InChI is InChI=1S/C20H23NO6/c1-24-15-8-7-14(16(11-15)21-12-19(22)23)6-5-13-9-17(25-2)20(27-4)18(10-13)26-3/h5-11,21H,12H2,1-4H3,(H,22,23)/b6-5-. The summed E-state index contributed by atoms with van der Waals surface area (Å²) in [5.74, 6) is 1.31. The lowest BCUT2D eigenvalue weighted by Crippen LogP contribution is -2.13. The van der Waals surface area contributed by atoms with Crippen molar-refractivity contribution in [3.8, 4) is 23.0 Å². The zero-order chi connectivity index (χ0) is 19.8. The normalized spacial score (nSPS) is 10.5. The number of carboxylic acids is 1. The maximum Gasteiger partial charge on any atom is 0.322 e. The van der Waals surface area contributed by atoms with Crippen LogP contribution in [0.5, 0.6) is 23.0 Å². The molecule has 0 aliphatic heterocycles. The van der Waals surface area contributed by atoms with Crippen molar-refractivity contribution in [2.24, 2.45) is 0 Å². The molecule has 7 heteroatoms. The second-order valence-corrected chi connectivity index (χ2v) is 5.49. The molecule has 0 atom stereocenters. The summed E-state index contributed by atoms with van der Waals surface area (Å²) in [6.45, 7) is -0.196. The highest BCUT2D eigenvalue weighted by Crippen LogP contribution is 2.38. The molecule has 27 heavy (non-hydrogen) atoms. The molecule has 0 spiro atoms. The highest BCUT2D eigenvalue weighted by Gasteiger charge is 2.12. The van der Waals surface area contributed by atoms with E-state index >= 15 is 0 Å². The highest BCUT2D eigenvalue weighted by molar-refractivity contribution is 5.81. The summed E-state index contributed by atoms with van der Waals surface area (Å²) in [5.41, 5.74) is 2.30. The van der Waals surface area contributed by atoms with E-state index in [1.165, 1.54) is 0 Å². The Hall–Kier alpha value is -3.35. The van der Waals surface area contributed by atoms with Gasteiger partial charge in [-0.25, -0.2) is 0 Å². The SMILES string of the molecule is COc1ccc(/C=C\c2cc(OC)c(OC)c(OC)c2)c(NCC(=O)O)c1. The summed E-state index contributed by atoms with van der Waals surface area (Å²) < 4.78 is 21.2. The quantitative estimate of drug-likeness (QED) is 0.652. The number of nitrogens with one attached hydrogen (secondary N) is 1. The molecule has 0 radical (unpaired) electrons. The molecule has 2 N–H and O–H groups in total. The van der Waals surface area contributed by atoms with E-state index in [1.54, 1.807) is 40.6 Å². The number of methoxy groups -OCH3 is 4. The molecule has 2 aromatic carbocycles. The van der Waals surface area contributed by atoms with Crippen molar-refractivity contribution in [2.45, 2.75) is 0 Å². The van der Waals surface area contributed by atoms with Crippen LogP contribution >= 0.6 is 0 Å². The summed E-state index contributed by atoms with van der Waals surface area (Å²) in [5, 5.41) is 11.8. The van der Waals surface area contributed by atoms with Crippen LogP contribution in [0, 0.1) is 0 Å². The number of ether oxygens (including phenoxy) is 4. The Balaban J connectivity index is 2.38. The summed E-state index contributed by atoms with van der Waals surface area (Å²) in [4.78, 5) is 10.9. The first-order chi connectivity index (χ1) is 13.0. The maximum absolute atomic E-state index is 10.9. The number of hydrogen-bond acceptors (Lipinski definition) is 6. The van der Waals surface area contributed by atoms with E-state index in [0.29, 0.717) is 28.7 Å². The van der Waals surface area contributed by atoms with Gasteiger partial charge in [0.15, 0.2) is 11.5 Å². The predicted octanol–water partition coefficient (Wildman–Crippen LogP) is 3.39. The molecule has 0 aliphatic carbocycles. The van der Waals surface area contributed by atoms with E-state index in [2.05, 4.69) is 5.32 Å². The second kappa shape index (κ2) is 9.38. The Bertz CT molecular complexity index is 806. The molecule has 0 amide bonds. The number of benzene rings is 2. The van der Waals surface area contributed by atoms with Gasteiger partial charge in [-0.05, 0) is 35.4 Å². The van der Waals surface area contributed by atoms with Gasteiger partial charge in [0.25, 0.3) is 0 Å².